The molecule has 2 atom stereocenters. The molecule has 1 fully saturated rings. The quantitative estimate of drug-likeness (QED) is 0.846. The van der Waals surface area contributed by atoms with E-state index in [0.717, 1.165) is 12.3 Å². The number of benzene rings is 1. The van der Waals surface area contributed by atoms with Gasteiger partial charge < -0.3 is 10.1 Å². The van der Waals surface area contributed by atoms with E-state index in [9.17, 15) is 0 Å². The van der Waals surface area contributed by atoms with E-state index < -0.39 is 0 Å². The minimum Gasteiger partial charge on any atom is -0.496 e. The van der Waals surface area contributed by atoms with Crippen LogP contribution in [0.4, 0.5) is 0 Å². The molecule has 21 heavy (non-hydrogen) atoms. The highest BCUT2D eigenvalue weighted by molar-refractivity contribution is 8.06. The largest absolute Gasteiger partial charge is 0.496 e. The maximum atomic E-state index is 5.46. The second kappa shape index (κ2) is 8.35. The first kappa shape index (κ1) is 17.0. The van der Waals surface area contributed by atoms with Crippen molar-refractivity contribution in [1.82, 2.24) is 5.32 Å². The first-order valence-corrected chi connectivity index (χ1v) is 9.95. The van der Waals surface area contributed by atoms with E-state index in [-0.39, 0.29) is 0 Å². The summed E-state index contributed by atoms with van der Waals surface area (Å²) in [6, 6.07) is 4.96. The van der Waals surface area contributed by atoms with Gasteiger partial charge in [-0.3, -0.25) is 0 Å². The van der Waals surface area contributed by atoms with Crippen LogP contribution in [0.3, 0.4) is 0 Å². The normalized spacial score (nSPS) is 20.3. The Morgan fingerprint density at radius 3 is 2.71 bits per heavy atom. The fourth-order valence-electron chi connectivity index (χ4n) is 2.81. The lowest BCUT2D eigenvalue weighted by atomic mass is 9.96. The molecule has 1 aliphatic rings. The Balaban J connectivity index is 2.28. The minimum atomic E-state index is 0.451. The van der Waals surface area contributed by atoms with Crippen molar-refractivity contribution in [2.45, 2.75) is 38.5 Å². The van der Waals surface area contributed by atoms with Gasteiger partial charge in [0.1, 0.15) is 5.75 Å². The first-order chi connectivity index (χ1) is 10.2. The van der Waals surface area contributed by atoms with Gasteiger partial charge in [0.15, 0.2) is 0 Å². The van der Waals surface area contributed by atoms with Gasteiger partial charge in [0.2, 0.25) is 0 Å². The molecule has 2 nitrogen and oxygen atoms in total. The molecule has 0 bridgehead atoms. The highest BCUT2D eigenvalue weighted by Gasteiger charge is 2.27. The van der Waals surface area contributed by atoms with Crippen LogP contribution in [0, 0.1) is 13.8 Å². The predicted octanol–water partition coefficient (Wildman–Crippen LogP) is 4.20. The average Bonchev–Trinajstić information content (AvgIpc) is 2.51. The molecule has 0 spiro atoms. The molecule has 0 aliphatic carbocycles. The van der Waals surface area contributed by atoms with Crippen LogP contribution in [-0.2, 0) is 0 Å². The summed E-state index contributed by atoms with van der Waals surface area (Å²) in [5.74, 6) is 4.81. The van der Waals surface area contributed by atoms with Gasteiger partial charge in [-0.2, -0.15) is 23.5 Å². The molecule has 0 saturated carbocycles. The van der Waals surface area contributed by atoms with Crippen molar-refractivity contribution >= 4 is 23.5 Å². The Labute approximate surface area is 137 Å². The molecule has 1 aromatic rings. The molecule has 1 aromatic carbocycles. The zero-order valence-electron chi connectivity index (χ0n) is 13.6. The van der Waals surface area contributed by atoms with E-state index in [0.29, 0.717) is 11.3 Å². The molecule has 1 heterocycles. The van der Waals surface area contributed by atoms with Crippen molar-refractivity contribution in [3.63, 3.8) is 0 Å². The van der Waals surface area contributed by atoms with E-state index in [2.05, 4.69) is 61.7 Å². The maximum Gasteiger partial charge on any atom is 0.122 e. The van der Waals surface area contributed by atoms with Gasteiger partial charge in [0.25, 0.3) is 0 Å². The van der Waals surface area contributed by atoms with Crippen LogP contribution in [0.1, 0.15) is 36.1 Å². The van der Waals surface area contributed by atoms with Crippen LogP contribution >= 0.6 is 23.5 Å². The second-order valence-electron chi connectivity index (χ2n) is 5.59. The molecule has 1 N–H and O–H groups in total. The molecule has 1 saturated heterocycles. The van der Waals surface area contributed by atoms with E-state index in [1.807, 2.05) is 0 Å². The van der Waals surface area contributed by atoms with Gasteiger partial charge in [0, 0.05) is 28.6 Å². The van der Waals surface area contributed by atoms with Crippen molar-refractivity contribution in [3.8, 4) is 5.75 Å². The third-order valence-corrected chi connectivity index (χ3v) is 6.81. The summed E-state index contributed by atoms with van der Waals surface area (Å²) in [4.78, 5) is 0. The van der Waals surface area contributed by atoms with Crippen molar-refractivity contribution < 1.29 is 4.74 Å². The standard InChI is InChI=1S/C17H27NOS2/c1-5-6-18-17(16-11-20-7-8-21-16)14-9-13(3)15(19-4)10-12(14)2/h9-10,16-18H,5-8,11H2,1-4H3. The lowest BCUT2D eigenvalue weighted by Gasteiger charge is -2.32. The van der Waals surface area contributed by atoms with Gasteiger partial charge in [-0.05, 0) is 49.6 Å². The molecule has 118 valence electrons. The molecule has 2 unspecified atom stereocenters. The third kappa shape index (κ3) is 4.33. The number of hydrogen-bond donors (Lipinski definition) is 1. The minimum absolute atomic E-state index is 0.451. The van der Waals surface area contributed by atoms with Gasteiger partial charge in [-0.1, -0.05) is 13.0 Å². The van der Waals surface area contributed by atoms with E-state index in [1.54, 1.807) is 7.11 Å². The monoisotopic (exact) mass is 325 g/mol. The smallest absolute Gasteiger partial charge is 0.122 e. The van der Waals surface area contributed by atoms with Crippen LogP contribution in [0.5, 0.6) is 5.75 Å². The van der Waals surface area contributed by atoms with E-state index in [4.69, 9.17) is 4.74 Å². The number of rotatable bonds is 6. The number of hydrogen-bond acceptors (Lipinski definition) is 4. The summed E-state index contributed by atoms with van der Waals surface area (Å²) < 4.78 is 5.46. The Bertz CT molecular complexity index is 458. The lowest BCUT2D eigenvalue weighted by molar-refractivity contribution is 0.410. The molecule has 0 aromatic heterocycles. The number of thioether (sulfide) groups is 2. The Morgan fingerprint density at radius 1 is 1.29 bits per heavy atom. The van der Waals surface area contributed by atoms with Gasteiger partial charge in [0.05, 0.1) is 7.11 Å². The average molecular weight is 326 g/mol. The summed E-state index contributed by atoms with van der Waals surface area (Å²) in [7, 11) is 1.75. The SMILES string of the molecule is CCCNC(c1cc(C)c(OC)cc1C)C1CSCCS1. The second-order valence-corrected chi connectivity index (χ2v) is 8.09. The zero-order valence-corrected chi connectivity index (χ0v) is 15.2. The molecule has 2 rings (SSSR count). The molecule has 4 heteroatoms. The Morgan fingerprint density at radius 2 is 2.10 bits per heavy atom. The molecular weight excluding hydrogens is 298 g/mol. The summed E-state index contributed by atoms with van der Waals surface area (Å²) >= 11 is 4.22. The first-order valence-electron chi connectivity index (χ1n) is 7.75. The summed E-state index contributed by atoms with van der Waals surface area (Å²) in [6.45, 7) is 7.66. The van der Waals surface area contributed by atoms with Gasteiger partial charge in [-0.15, -0.1) is 0 Å². The fourth-order valence-corrected chi connectivity index (χ4v) is 5.67. The van der Waals surface area contributed by atoms with E-state index >= 15 is 0 Å². The molecule has 0 radical (unpaired) electrons. The summed E-state index contributed by atoms with van der Waals surface area (Å²) in [5, 5.41) is 4.45. The highest BCUT2D eigenvalue weighted by Crippen LogP contribution is 2.36. The summed E-state index contributed by atoms with van der Waals surface area (Å²) in [6.07, 6.45) is 1.18. The van der Waals surface area contributed by atoms with Crippen molar-refractivity contribution in [2.75, 3.05) is 30.9 Å². The van der Waals surface area contributed by atoms with Crippen molar-refractivity contribution in [1.29, 1.82) is 0 Å². The van der Waals surface area contributed by atoms with Crippen LogP contribution in [0.15, 0.2) is 12.1 Å². The fraction of sp³-hybridized carbons (Fsp3) is 0.647. The topological polar surface area (TPSA) is 21.3 Å². The number of methoxy groups -OCH3 is 1. The number of aryl methyl sites for hydroxylation is 2. The van der Waals surface area contributed by atoms with Crippen LogP contribution in [0.25, 0.3) is 0 Å². The third-order valence-electron chi connectivity index (χ3n) is 3.95. The number of nitrogens with one attached hydrogen (secondary N) is 1. The van der Waals surface area contributed by atoms with Crippen LogP contribution < -0.4 is 10.1 Å². The Hall–Kier alpha value is -0.320. The van der Waals surface area contributed by atoms with Crippen LogP contribution in [-0.4, -0.2) is 36.2 Å². The van der Waals surface area contributed by atoms with Gasteiger partial charge >= 0.3 is 0 Å². The zero-order chi connectivity index (χ0) is 15.2. The van der Waals surface area contributed by atoms with Crippen LogP contribution in [0.2, 0.25) is 0 Å². The maximum absolute atomic E-state index is 5.46. The molecule has 1 aliphatic heterocycles. The predicted molar refractivity (Wildman–Crippen MR) is 97.1 cm³/mol. The lowest BCUT2D eigenvalue weighted by Crippen LogP contribution is -2.34. The van der Waals surface area contributed by atoms with E-state index in [1.165, 1.54) is 40.4 Å². The molecular formula is C17H27NOS2. The van der Waals surface area contributed by atoms with Gasteiger partial charge in [-0.25, -0.2) is 0 Å². The number of ether oxygens (including phenoxy) is 1. The summed E-state index contributed by atoms with van der Waals surface area (Å²) in [5.41, 5.74) is 4.01. The Kier molecular flexibility index (Phi) is 6.77. The van der Waals surface area contributed by atoms with Crippen molar-refractivity contribution in [3.05, 3.63) is 28.8 Å². The molecule has 0 amide bonds. The van der Waals surface area contributed by atoms with Crippen molar-refractivity contribution in [2.24, 2.45) is 0 Å². The highest BCUT2D eigenvalue weighted by atomic mass is 32.2.